The van der Waals surface area contributed by atoms with Crippen LogP contribution in [0.4, 0.5) is 4.79 Å². The van der Waals surface area contributed by atoms with Crippen LogP contribution in [0.3, 0.4) is 0 Å². The van der Waals surface area contributed by atoms with Crippen LogP contribution in [-0.2, 0) is 4.74 Å². The normalized spacial score (nSPS) is 17.2. The van der Waals surface area contributed by atoms with Crippen LogP contribution in [0.25, 0.3) is 5.69 Å². The van der Waals surface area contributed by atoms with Crippen molar-refractivity contribution in [3.63, 3.8) is 0 Å². The number of hydrogen-bond donors (Lipinski definition) is 1. The van der Waals surface area contributed by atoms with E-state index in [0.29, 0.717) is 25.3 Å². The number of ether oxygens (including phenoxy) is 1. The van der Waals surface area contributed by atoms with E-state index in [-0.39, 0.29) is 11.9 Å². The molecule has 1 aliphatic heterocycles. The van der Waals surface area contributed by atoms with Gasteiger partial charge >= 0.3 is 6.09 Å². The summed E-state index contributed by atoms with van der Waals surface area (Å²) in [6.07, 6.45) is 4.74. The van der Waals surface area contributed by atoms with Crippen LogP contribution in [0, 0.1) is 0 Å². The number of nitrogens with one attached hydrogen (secondary N) is 1. The maximum atomic E-state index is 13.0. The molecule has 25 heavy (non-hydrogen) atoms. The Morgan fingerprint density at radius 2 is 2.16 bits per heavy atom. The lowest BCUT2D eigenvalue weighted by atomic mass is 10.0. The first-order valence-electron chi connectivity index (χ1n) is 8.50. The molecular weight excluding hydrogens is 320 g/mol. The molecule has 1 atom stereocenters. The monoisotopic (exact) mass is 342 g/mol. The van der Waals surface area contributed by atoms with Crippen molar-refractivity contribution in [2.75, 3.05) is 19.7 Å². The van der Waals surface area contributed by atoms with Gasteiger partial charge in [-0.25, -0.2) is 9.48 Å². The molecule has 1 fully saturated rings. The van der Waals surface area contributed by atoms with Gasteiger partial charge in [0.25, 0.3) is 5.91 Å². The predicted molar refractivity (Wildman–Crippen MR) is 92.6 cm³/mol. The molecule has 7 heteroatoms. The van der Waals surface area contributed by atoms with E-state index in [4.69, 9.17) is 4.74 Å². The minimum Gasteiger partial charge on any atom is -0.450 e. The van der Waals surface area contributed by atoms with Crippen LogP contribution in [0.15, 0.2) is 42.7 Å². The van der Waals surface area contributed by atoms with Gasteiger partial charge in [-0.15, -0.1) is 0 Å². The zero-order valence-corrected chi connectivity index (χ0v) is 14.2. The van der Waals surface area contributed by atoms with Gasteiger partial charge in [0.2, 0.25) is 0 Å². The van der Waals surface area contributed by atoms with Gasteiger partial charge in [0, 0.05) is 31.5 Å². The van der Waals surface area contributed by atoms with E-state index >= 15 is 0 Å². The number of aromatic nitrogens is 2. The maximum absolute atomic E-state index is 13.0. The molecule has 0 spiro atoms. The number of piperidine rings is 1. The molecule has 0 aliphatic carbocycles. The lowest BCUT2D eigenvalue weighted by molar-refractivity contribution is 0.0686. The smallest absolute Gasteiger partial charge is 0.407 e. The van der Waals surface area contributed by atoms with Crippen LogP contribution in [-0.4, -0.2) is 52.4 Å². The van der Waals surface area contributed by atoms with E-state index in [1.807, 2.05) is 36.5 Å². The lowest BCUT2D eigenvalue weighted by Crippen LogP contribution is -2.49. The molecule has 132 valence electrons. The summed E-state index contributed by atoms with van der Waals surface area (Å²) < 4.78 is 6.61. The Bertz CT molecular complexity index is 730. The molecule has 1 N–H and O–H groups in total. The quantitative estimate of drug-likeness (QED) is 0.924. The van der Waals surface area contributed by atoms with Crippen molar-refractivity contribution in [3.8, 4) is 5.69 Å². The number of likely N-dealkylation sites (tertiary alicyclic amines) is 1. The zero-order valence-electron chi connectivity index (χ0n) is 14.2. The first-order chi connectivity index (χ1) is 12.2. The first-order valence-corrected chi connectivity index (χ1v) is 8.50. The SMILES string of the molecule is CCOC(=O)NC1CCCN(C(=O)c2ccccc2-n2cccn2)C1. The molecule has 1 unspecified atom stereocenters. The Morgan fingerprint density at radius 3 is 2.92 bits per heavy atom. The van der Waals surface area contributed by atoms with E-state index in [1.54, 1.807) is 22.7 Å². The molecule has 1 aliphatic rings. The maximum Gasteiger partial charge on any atom is 0.407 e. The first kappa shape index (κ1) is 17.0. The van der Waals surface area contributed by atoms with Crippen LogP contribution in [0.1, 0.15) is 30.1 Å². The molecule has 2 amide bonds. The fourth-order valence-corrected chi connectivity index (χ4v) is 3.05. The van der Waals surface area contributed by atoms with Crippen LogP contribution in [0.5, 0.6) is 0 Å². The van der Waals surface area contributed by atoms with Crippen LogP contribution in [0.2, 0.25) is 0 Å². The van der Waals surface area contributed by atoms with Crippen LogP contribution < -0.4 is 5.32 Å². The molecule has 2 aromatic rings. The molecule has 0 radical (unpaired) electrons. The van der Waals surface area contributed by atoms with E-state index in [1.165, 1.54) is 0 Å². The fraction of sp³-hybridized carbons (Fsp3) is 0.389. The summed E-state index contributed by atoms with van der Waals surface area (Å²) in [5.74, 6) is -0.0542. The van der Waals surface area contributed by atoms with Gasteiger partial charge in [-0.2, -0.15) is 5.10 Å². The van der Waals surface area contributed by atoms with E-state index in [2.05, 4.69) is 10.4 Å². The van der Waals surface area contributed by atoms with Gasteiger partial charge in [-0.05, 0) is 38.0 Å². The highest BCUT2D eigenvalue weighted by atomic mass is 16.5. The molecule has 2 heterocycles. The molecule has 0 saturated carbocycles. The second-order valence-corrected chi connectivity index (χ2v) is 5.92. The Hall–Kier alpha value is -2.83. The molecular formula is C18H22N4O3. The Kier molecular flexibility index (Phi) is 5.33. The highest BCUT2D eigenvalue weighted by Crippen LogP contribution is 2.19. The fourth-order valence-electron chi connectivity index (χ4n) is 3.05. The minimum atomic E-state index is -0.432. The number of nitrogens with zero attached hydrogens (tertiary/aromatic N) is 3. The summed E-state index contributed by atoms with van der Waals surface area (Å²) in [6.45, 7) is 3.25. The Balaban J connectivity index is 1.74. The number of hydrogen-bond acceptors (Lipinski definition) is 4. The molecule has 1 aromatic carbocycles. The van der Waals surface area contributed by atoms with Gasteiger partial charge in [0.1, 0.15) is 0 Å². The largest absolute Gasteiger partial charge is 0.450 e. The molecule has 1 aromatic heterocycles. The average molecular weight is 342 g/mol. The van der Waals surface area contributed by atoms with Crippen molar-refractivity contribution in [1.29, 1.82) is 0 Å². The summed E-state index contributed by atoms with van der Waals surface area (Å²) in [6, 6.07) is 9.14. The lowest BCUT2D eigenvalue weighted by Gasteiger charge is -2.33. The molecule has 7 nitrogen and oxygen atoms in total. The van der Waals surface area contributed by atoms with Crippen molar-refractivity contribution < 1.29 is 14.3 Å². The van der Waals surface area contributed by atoms with Gasteiger partial charge < -0.3 is 15.0 Å². The third-order valence-electron chi connectivity index (χ3n) is 4.19. The predicted octanol–water partition coefficient (Wildman–Crippen LogP) is 2.22. The number of para-hydroxylation sites is 1. The highest BCUT2D eigenvalue weighted by Gasteiger charge is 2.27. The minimum absolute atomic E-state index is 0.0542. The van der Waals surface area contributed by atoms with Crippen molar-refractivity contribution in [2.24, 2.45) is 0 Å². The third-order valence-corrected chi connectivity index (χ3v) is 4.19. The number of amides is 2. The van der Waals surface area contributed by atoms with Crippen molar-refractivity contribution >= 4 is 12.0 Å². The summed E-state index contributed by atoms with van der Waals surface area (Å²) >= 11 is 0. The van der Waals surface area contributed by atoms with Gasteiger partial charge in [-0.1, -0.05) is 12.1 Å². The van der Waals surface area contributed by atoms with Gasteiger partial charge in [0.05, 0.1) is 17.9 Å². The second-order valence-electron chi connectivity index (χ2n) is 5.92. The number of benzene rings is 1. The number of alkyl carbamates (subject to hydrolysis) is 1. The van der Waals surface area contributed by atoms with Crippen LogP contribution >= 0.6 is 0 Å². The Morgan fingerprint density at radius 1 is 1.32 bits per heavy atom. The van der Waals surface area contributed by atoms with Crippen molar-refractivity contribution in [3.05, 3.63) is 48.3 Å². The molecule has 0 bridgehead atoms. The second kappa shape index (κ2) is 7.83. The molecule has 1 saturated heterocycles. The summed E-state index contributed by atoms with van der Waals surface area (Å²) in [5.41, 5.74) is 1.35. The van der Waals surface area contributed by atoms with E-state index < -0.39 is 6.09 Å². The average Bonchev–Trinajstić information content (AvgIpc) is 3.16. The van der Waals surface area contributed by atoms with Gasteiger partial charge in [-0.3, -0.25) is 4.79 Å². The Labute approximate surface area is 146 Å². The molecule has 3 rings (SSSR count). The summed E-state index contributed by atoms with van der Waals surface area (Å²) in [4.78, 5) is 26.4. The van der Waals surface area contributed by atoms with Crippen molar-refractivity contribution in [1.82, 2.24) is 20.0 Å². The topological polar surface area (TPSA) is 76.5 Å². The number of carbonyl (C=O) groups excluding carboxylic acids is 2. The van der Waals surface area contributed by atoms with E-state index in [9.17, 15) is 9.59 Å². The zero-order chi connectivity index (χ0) is 17.6. The summed E-state index contributed by atoms with van der Waals surface area (Å²) in [7, 11) is 0. The third kappa shape index (κ3) is 3.99. The summed E-state index contributed by atoms with van der Waals surface area (Å²) in [5, 5.41) is 7.05. The van der Waals surface area contributed by atoms with E-state index in [0.717, 1.165) is 18.5 Å². The van der Waals surface area contributed by atoms with Crippen molar-refractivity contribution in [2.45, 2.75) is 25.8 Å². The highest BCUT2D eigenvalue weighted by molar-refractivity contribution is 5.97. The van der Waals surface area contributed by atoms with Gasteiger partial charge in [0.15, 0.2) is 0 Å². The number of rotatable bonds is 4. The standard InChI is InChI=1S/C18H22N4O3/c1-2-25-18(24)20-14-7-5-11-21(13-14)17(23)15-8-3-4-9-16(15)22-12-6-10-19-22/h3-4,6,8-10,12,14H,2,5,7,11,13H2,1H3,(H,20,24). The number of carbonyl (C=O) groups is 2.